The first-order chi connectivity index (χ1) is 15.7. The van der Waals surface area contributed by atoms with E-state index in [1.807, 2.05) is 60.7 Å². The smallest absolute Gasteiger partial charge is 0.263 e. The molecule has 0 aliphatic heterocycles. The topological polar surface area (TPSA) is 0 Å². The van der Waals surface area contributed by atoms with Crippen LogP contribution in [0.15, 0.2) is 94.1 Å². The fourth-order valence-electron chi connectivity index (χ4n) is 3.77. The van der Waals surface area contributed by atoms with E-state index in [1.165, 1.54) is 33.4 Å². The summed E-state index contributed by atoms with van der Waals surface area (Å²) in [6, 6.07) is 19.7. The largest absolute Gasteiger partial charge is 4.00 e. The van der Waals surface area contributed by atoms with Crippen molar-refractivity contribution in [2.24, 2.45) is 10.8 Å². The summed E-state index contributed by atoms with van der Waals surface area (Å²) in [6.07, 6.45) is 6.87. The molecule has 0 bridgehead atoms. The van der Waals surface area contributed by atoms with Gasteiger partial charge in [0.1, 0.15) is 0 Å². The first-order valence-corrected chi connectivity index (χ1v) is 12.0. The minimum Gasteiger partial charge on any atom is -0.263 e. The molecule has 0 aromatic heterocycles. The molecular weight excluding hydrogens is 456 g/mol. The molecule has 2 aliphatic rings. The van der Waals surface area contributed by atoms with Crippen molar-refractivity contribution in [3.8, 4) is 0 Å². The van der Waals surface area contributed by atoms with Crippen LogP contribution in [-0.2, 0) is 21.7 Å². The molecule has 0 saturated heterocycles. The average molecular weight is 501 g/mol. The number of allylic oxidation sites excluding steroid dienone is 8. The molecule has 2 aromatic carbocycles. The Labute approximate surface area is 232 Å². The number of benzene rings is 2. The van der Waals surface area contributed by atoms with Gasteiger partial charge in [0.2, 0.25) is 0 Å². The van der Waals surface area contributed by atoms with Gasteiger partial charge in [0.15, 0.2) is 0 Å². The third-order valence-corrected chi connectivity index (χ3v) is 6.81. The molecule has 0 N–H and O–H groups in total. The van der Waals surface area contributed by atoms with Crippen LogP contribution in [0, 0.1) is 36.8 Å². The standard InChI is InChI=1S/2C10H15.2C7H7.Ti/c2*1-7-6-10(4,5)9(3)8(7)2;2*1-7-5-3-2-4-6-7;/h2*1-5H3;2*2-6H,1H2;/q4*-1;+4. The molecular formula is C34H44Ti. The van der Waals surface area contributed by atoms with Crippen molar-refractivity contribution in [1.29, 1.82) is 0 Å². The molecule has 0 spiro atoms. The molecule has 4 rings (SSSR count). The quantitative estimate of drug-likeness (QED) is 0.249. The summed E-state index contributed by atoms with van der Waals surface area (Å²) in [7, 11) is 0. The molecule has 2 aliphatic carbocycles. The molecule has 0 heterocycles. The number of hydrogen-bond acceptors (Lipinski definition) is 0. The SMILES string of the molecule is CC1=[C-]C(C)(C)C(C)=C1C.CC1=[C-]C(C)(C)C(C)=C1C.[CH2-]c1ccccc1.[CH2-]c1ccccc1.[Ti+4]. The van der Waals surface area contributed by atoms with E-state index in [0.29, 0.717) is 0 Å². The Kier molecular flexibility index (Phi) is 13.5. The van der Waals surface area contributed by atoms with Gasteiger partial charge in [0.05, 0.1) is 0 Å². The molecule has 35 heavy (non-hydrogen) atoms. The Hall–Kier alpha value is -2.15. The summed E-state index contributed by atoms with van der Waals surface area (Å²) in [5.74, 6) is 0. The molecule has 2 aromatic rings. The van der Waals surface area contributed by atoms with Crippen LogP contribution in [0.2, 0.25) is 0 Å². The van der Waals surface area contributed by atoms with Crippen LogP contribution in [0.25, 0.3) is 0 Å². The van der Waals surface area contributed by atoms with E-state index in [4.69, 9.17) is 0 Å². The van der Waals surface area contributed by atoms with Crippen molar-refractivity contribution in [3.63, 3.8) is 0 Å². The normalized spacial score (nSPS) is 16.9. The van der Waals surface area contributed by atoms with Crippen LogP contribution in [0.3, 0.4) is 0 Å². The van der Waals surface area contributed by atoms with E-state index >= 15 is 0 Å². The van der Waals surface area contributed by atoms with Crippen molar-refractivity contribution in [1.82, 2.24) is 0 Å². The zero-order valence-corrected chi connectivity index (χ0v) is 25.2. The maximum Gasteiger partial charge on any atom is 4.00 e. The maximum atomic E-state index is 3.72. The predicted octanol–water partition coefficient (Wildman–Crippen LogP) is 9.96. The fraction of sp³-hybridized carbons (Fsp3) is 0.353. The van der Waals surface area contributed by atoms with Gasteiger partial charge >= 0.3 is 21.7 Å². The van der Waals surface area contributed by atoms with Crippen molar-refractivity contribution < 1.29 is 21.7 Å². The van der Waals surface area contributed by atoms with E-state index in [-0.39, 0.29) is 32.5 Å². The van der Waals surface area contributed by atoms with E-state index in [2.05, 4.69) is 95.2 Å². The predicted molar refractivity (Wildman–Crippen MR) is 151 cm³/mol. The third kappa shape index (κ3) is 10.6. The molecule has 0 amide bonds. The van der Waals surface area contributed by atoms with E-state index in [9.17, 15) is 0 Å². The summed E-state index contributed by atoms with van der Waals surface area (Å²) >= 11 is 0. The van der Waals surface area contributed by atoms with Crippen LogP contribution < -0.4 is 0 Å². The van der Waals surface area contributed by atoms with Crippen molar-refractivity contribution in [2.45, 2.75) is 69.2 Å². The zero-order chi connectivity index (χ0) is 26.1. The molecule has 1 heteroatoms. The molecule has 0 nitrogen and oxygen atoms in total. The second-order valence-corrected chi connectivity index (χ2v) is 10.2. The minimum absolute atomic E-state index is 0. The summed E-state index contributed by atoms with van der Waals surface area (Å²) < 4.78 is 0. The van der Waals surface area contributed by atoms with Gasteiger partial charge in [-0.25, -0.2) is 11.1 Å². The van der Waals surface area contributed by atoms with E-state index < -0.39 is 0 Å². The Morgan fingerprint density at radius 2 is 0.771 bits per heavy atom. The monoisotopic (exact) mass is 500 g/mol. The van der Waals surface area contributed by atoms with Crippen LogP contribution in [0.5, 0.6) is 0 Å². The van der Waals surface area contributed by atoms with Crippen molar-refractivity contribution >= 4 is 0 Å². The van der Waals surface area contributed by atoms with Gasteiger partial charge in [-0.3, -0.25) is 12.2 Å². The number of hydrogen-bond donors (Lipinski definition) is 0. The van der Waals surface area contributed by atoms with Gasteiger partial charge in [-0.2, -0.15) is 71.5 Å². The summed E-state index contributed by atoms with van der Waals surface area (Å²) in [5.41, 5.74) is 10.9. The van der Waals surface area contributed by atoms with Gasteiger partial charge in [0.25, 0.3) is 0 Å². The first-order valence-electron chi connectivity index (χ1n) is 12.0. The Morgan fingerprint density at radius 3 is 0.857 bits per heavy atom. The summed E-state index contributed by atoms with van der Waals surface area (Å²) in [6.45, 7) is 29.3. The average Bonchev–Trinajstić information content (AvgIpc) is 3.07. The Bertz CT molecular complexity index is 955. The van der Waals surface area contributed by atoms with Gasteiger partial charge in [-0.15, -0.1) is 38.1 Å². The van der Waals surface area contributed by atoms with Gasteiger partial charge < -0.3 is 0 Å². The van der Waals surface area contributed by atoms with Crippen LogP contribution in [0.4, 0.5) is 0 Å². The fourth-order valence-corrected chi connectivity index (χ4v) is 3.77. The van der Waals surface area contributed by atoms with E-state index in [1.54, 1.807) is 0 Å². The molecule has 0 unspecified atom stereocenters. The Morgan fingerprint density at radius 1 is 0.514 bits per heavy atom. The van der Waals surface area contributed by atoms with Crippen LogP contribution in [-0.4, -0.2) is 0 Å². The molecule has 184 valence electrons. The van der Waals surface area contributed by atoms with Gasteiger partial charge in [-0.05, 0) is 0 Å². The molecule has 0 saturated carbocycles. The van der Waals surface area contributed by atoms with Crippen molar-refractivity contribution in [2.75, 3.05) is 0 Å². The van der Waals surface area contributed by atoms with E-state index in [0.717, 1.165) is 11.1 Å². The molecule has 0 atom stereocenters. The molecule has 0 radical (unpaired) electrons. The second kappa shape index (κ2) is 14.4. The van der Waals surface area contributed by atoms with Gasteiger partial charge in [-0.1, -0.05) is 78.4 Å². The number of rotatable bonds is 0. The third-order valence-electron chi connectivity index (χ3n) is 6.81. The first kappa shape index (κ1) is 32.9. The van der Waals surface area contributed by atoms with Crippen LogP contribution >= 0.6 is 0 Å². The zero-order valence-electron chi connectivity index (χ0n) is 23.7. The van der Waals surface area contributed by atoms with Gasteiger partial charge in [0, 0.05) is 0 Å². The van der Waals surface area contributed by atoms with Crippen molar-refractivity contribution in [3.05, 3.63) is 131 Å². The summed E-state index contributed by atoms with van der Waals surface area (Å²) in [4.78, 5) is 0. The van der Waals surface area contributed by atoms with Crippen LogP contribution in [0.1, 0.15) is 80.4 Å². The summed E-state index contributed by atoms with van der Waals surface area (Å²) in [5, 5.41) is 0. The second-order valence-electron chi connectivity index (χ2n) is 10.2. The maximum absolute atomic E-state index is 3.72. The Balaban J connectivity index is 0.000000442. The minimum atomic E-state index is 0. The molecule has 0 fully saturated rings.